The van der Waals surface area contributed by atoms with E-state index in [0.29, 0.717) is 12.5 Å². The molecule has 1 aliphatic rings. The Balaban J connectivity index is 1.39. The van der Waals surface area contributed by atoms with Crippen molar-refractivity contribution in [2.24, 2.45) is 0 Å². The summed E-state index contributed by atoms with van der Waals surface area (Å²) >= 11 is 1.86. The van der Waals surface area contributed by atoms with Crippen molar-refractivity contribution in [2.75, 3.05) is 0 Å². The molecule has 3 heteroatoms. The van der Waals surface area contributed by atoms with Crippen molar-refractivity contribution in [3.05, 3.63) is 138 Å². The lowest BCUT2D eigenvalue weighted by molar-refractivity contribution is -0.121. The zero-order valence-electron chi connectivity index (χ0n) is 22.0. The molecule has 38 heavy (non-hydrogen) atoms. The molecule has 4 aromatic carbocycles. The summed E-state index contributed by atoms with van der Waals surface area (Å²) in [6.45, 7) is 0. The smallest absolute Gasteiger partial charge is 0.224 e. The van der Waals surface area contributed by atoms with Gasteiger partial charge >= 0.3 is 0 Å². The van der Waals surface area contributed by atoms with Gasteiger partial charge in [-0.05, 0) is 47.2 Å². The minimum absolute atomic E-state index is 0.142. The molecule has 0 heterocycles. The Kier molecular flexibility index (Phi) is 8.98. The van der Waals surface area contributed by atoms with Crippen molar-refractivity contribution in [3.63, 3.8) is 0 Å². The summed E-state index contributed by atoms with van der Waals surface area (Å²) in [5, 5.41) is 3.31. The van der Waals surface area contributed by atoms with E-state index in [4.69, 9.17) is 0 Å². The summed E-state index contributed by atoms with van der Waals surface area (Å²) in [4.78, 5) is 14.0. The standard InChI is InChI=1S/C35H37NOS/c37-34(36-32-21-13-2-1-3-14-22-32)27-28-23-25-33(26-24-28)38-35(29-15-7-4-8-16-29,30-17-9-5-10-18-30)31-19-11-6-12-20-31/h4-12,15-20,23-26,32H,1-3,13-14,21-22,27H2,(H,36,37). The van der Waals surface area contributed by atoms with E-state index < -0.39 is 4.75 Å². The van der Waals surface area contributed by atoms with E-state index in [2.05, 4.69) is 121 Å². The third-order valence-electron chi connectivity index (χ3n) is 7.57. The molecule has 1 aliphatic carbocycles. The van der Waals surface area contributed by atoms with Crippen LogP contribution in [0.2, 0.25) is 0 Å². The van der Waals surface area contributed by atoms with Crippen LogP contribution in [0.4, 0.5) is 0 Å². The second-order valence-corrected chi connectivity index (χ2v) is 11.6. The van der Waals surface area contributed by atoms with Crippen LogP contribution in [-0.4, -0.2) is 11.9 Å². The molecule has 0 spiro atoms. The second kappa shape index (κ2) is 13.0. The lowest BCUT2D eigenvalue weighted by Gasteiger charge is -2.35. The Labute approximate surface area is 231 Å². The first-order valence-electron chi connectivity index (χ1n) is 14.0. The fraction of sp³-hybridized carbons (Fsp3) is 0.286. The van der Waals surface area contributed by atoms with Gasteiger partial charge in [0.2, 0.25) is 5.91 Å². The first-order valence-corrected chi connectivity index (χ1v) is 14.8. The Morgan fingerprint density at radius 2 is 1.08 bits per heavy atom. The van der Waals surface area contributed by atoms with Gasteiger partial charge < -0.3 is 5.32 Å². The monoisotopic (exact) mass is 519 g/mol. The topological polar surface area (TPSA) is 29.1 Å². The quantitative estimate of drug-likeness (QED) is 0.187. The van der Waals surface area contributed by atoms with Gasteiger partial charge in [0, 0.05) is 10.9 Å². The van der Waals surface area contributed by atoms with Crippen LogP contribution in [0.1, 0.15) is 67.2 Å². The maximum Gasteiger partial charge on any atom is 0.224 e. The van der Waals surface area contributed by atoms with Crippen LogP contribution in [0.25, 0.3) is 0 Å². The highest BCUT2D eigenvalue weighted by Gasteiger charge is 2.37. The molecule has 1 fully saturated rings. The molecule has 1 amide bonds. The van der Waals surface area contributed by atoms with Gasteiger partial charge in [-0.1, -0.05) is 135 Å². The van der Waals surface area contributed by atoms with Gasteiger partial charge in [-0.15, -0.1) is 11.8 Å². The molecule has 0 atom stereocenters. The number of benzene rings is 4. The van der Waals surface area contributed by atoms with Crippen LogP contribution in [0.3, 0.4) is 0 Å². The Bertz CT molecular complexity index is 1170. The van der Waals surface area contributed by atoms with Gasteiger partial charge in [0.05, 0.1) is 11.2 Å². The minimum atomic E-state index is -0.402. The maximum atomic E-state index is 12.8. The number of hydrogen-bond donors (Lipinski definition) is 1. The summed E-state index contributed by atoms with van der Waals surface area (Å²) in [6, 6.07) is 41.2. The molecule has 0 unspecified atom stereocenters. The molecule has 0 bridgehead atoms. The van der Waals surface area contributed by atoms with E-state index in [9.17, 15) is 4.79 Å². The van der Waals surface area contributed by atoms with Crippen LogP contribution < -0.4 is 5.32 Å². The zero-order valence-corrected chi connectivity index (χ0v) is 22.8. The van der Waals surface area contributed by atoms with Crippen LogP contribution in [0.15, 0.2) is 120 Å². The summed E-state index contributed by atoms with van der Waals surface area (Å²) in [5.41, 5.74) is 4.78. The van der Waals surface area contributed by atoms with Crippen LogP contribution in [-0.2, 0) is 16.0 Å². The van der Waals surface area contributed by atoms with E-state index >= 15 is 0 Å². The predicted octanol–water partition coefficient (Wildman–Crippen LogP) is 8.54. The summed E-state index contributed by atoms with van der Waals surface area (Å²) < 4.78 is -0.402. The number of thioether (sulfide) groups is 1. The summed E-state index contributed by atoms with van der Waals surface area (Å²) in [7, 11) is 0. The van der Waals surface area contributed by atoms with E-state index in [-0.39, 0.29) is 5.91 Å². The van der Waals surface area contributed by atoms with Crippen molar-refractivity contribution in [1.82, 2.24) is 5.32 Å². The van der Waals surface area contributed by atoms with E-state index in [1.54, 1.807) is 0 Å². The average molecular weight is 520 g/mol. The molecule has 0 aromatic heterocycles. The third kappa shape index (κ3) is 6.39. The first kappa shape index (κ1) is 26.3. The highest BCUT2D eigenvalue weighted by Crippen LogP contribution is 2.51. The number of nitrogens with one attached hydrogen (secondary N) is 1. The van der Waals surface area contributed by atoms with E-state index in [1.165, 1.54) is 53.7 Å². The van der Waals surface area contributed by atoms with Gasteiger partial charge in [-0.2, -0.15) is 0 Å². The van der Waals surface area contributed by atoms with Crippen molar-refractivity contribution in [3.8, 4) is 0 Å². The molecular formula is C35H37NOS. The third-order valence-corrected chi connectivity index (χ3v) is 9.09. The number of carbonyl (C=O) groups is 1. The van der Waals surface area contributed by atoms with Gasteiger partial charge in [0.15, 0.2) is 0 Å². The van der Waals surface area contributed by atoms with E-state index in [1.807, 2.05) is 11.8 Å². The molecule has 5 rings (SSSR count). The van der Waals surface area contributed by atoms with Crippen LogP contribution >= 0.6 is 11.8 Å². The number of hydrogen-bond acceptors (Lipinski definition) is 2. The normalized spacial score (nSPS) is 14.8. The number of amides is 1. The fourth-order valence-electron chi connectivity index (χ4n) is 5.61. The minimum Gasteiger partial charge on any atom is -0.353 e. The highest BCUT2D eigenvalue weighted by atomic mass is 32.2. The molecule has 0 aliphatic heterocycles. The highest BCUT2D eigenvalue weighted by molar-refractivity contribution is 8.00. The van der Waals surface area contributed by atoms with Crippen molar-refractivity contribution in [1.29, 1.82) is 0 Å². The molecule has 1 saturated carbocycles. The Morgan fingerprint density at radius 3 is 1.55 bits per heavy atom. The zero-order chi connectivity index (χ0) is 26.0. The van der Waals surface area contributed by atoms with E-state index in [0.717, 1.165) is 18.4 Å². The number of carbonyl (C=O) groups excluding carboxylic acids is 1. The van der Waals surface area contributed by atoms with Gasteiger partial charge in [0.1, 0.15) is 0 Å². The lowest BCUT2D eigenvalue weighted by Crippen LogP contribution is -2.36. The van der Waals surface area contributed by atoms with Crippen molar-refractivity contribution < 1.29 is 4.79 Å². The molecular weight excluding hydrogens is 482 g/mol. The molecule has 194 valence electrons. The fourth-order valence-corrected chi connectivity index (χ4v) is 7.00. The molecule has 0 saturated heterocycles. The first-order chi connectivity index (χ1) is 18.7. The lowest BCUT2D eigenvalue weighted by atomic mass is 9.84. The molecule has 0 radical (unpaired) electrons. The molecule has 4 aromatic rings. The van der Waals surface area contributed by atoms with Crippen LogP contribution in [0.5, 0.6) is 0 Å². The molecule has 1 N–H and O–H groups in total. The van der Waals surface area contributed by atoms with Gasteiger partial charge in [-0.3, -0.25) is 4.79 Å². The van der Waals surface area contributed by atoms with Crippen molar-refractivity contribution >= 4 is 17.7 Å². The van der Waals surface area contributed by atoms with Crippen LogP contribution in [0, 0.1) is 0 Å². The maximum absolute atomic E-state index is 12.8. The molecule has 2 nitrogen and oxygen atoms in total. The van der Waals surface area contributed by atoms with Crippen molar-refractivity contribution in [2.45, 2.75) is 67.1 Å². The van der Waals surface area contributed by atoms with Gasteiger partial charge in [0.25, 0.3) is 0 Å². The Morgan fingerprint density at radius 1 is 0.632 bits per heavy atom. The average Bonchev–Trinajstić information content (AvgIpc) is 2.95. The summed E-state index contributed by atoms with van der Waals surface area (Å²) in [6.07, 6.45) is 9.03. The Hall–Kier alpha value is -3.30. The largest absolute Gasteiger partial charge is 0.353 e. The second-order valence-electron chi connectivity index (χ2n) is 10.3. The SMILES string of the molecule is O=C(Cc1ccc(SC(c2ccccc2)(c2ccccc2)c2ccccc2)cc1)NC1CCCCCCC1. The predicted molar refractivity (Wildman–Crippen MR) is 159 cm³/mol. The number of rotatable bonds is 8. The summed E-state index contributed by atoms with van der Waals surface area (Å²) in [5.74, 6) is 0.142. The van der Waals surface area contributed by atoms with Gasteiger partial charge in [-0.25, -0.2) is 0 Å².